The zero-order chi connectivity index (χ0) is 18.3. The Balaban J connectivity index is 2.13. The zero-order valence-corrected chi connectivity index (χ0v) is 15.1. The van der Waals surface area contributed by atoms with E-state index in [1.54, 1.807) is 14.0 Å². The number of amides is 1. The second kappa shape index (κ2) is 6.28. The molecule has 3 rings (SSSR count). The van der Waals surface area contributed by atoms with Crippen molar-refractivity contribution in [3.8, 4) is 5.00 Å². The molecule has 3 aromatic rings. The van der Waals surface area contributed by atoms with Gasteiger partial charge in [0.15, 0.2) is 0 Å². The maximum Gasteiger partial charge on any atom is 0.329 e. The number of nitrogens with one attached hydrogen (secondary N) is 1. The van der Waals surface area contributed by atoms with Crippen LogP contribution in [0.5, 0.6) is 0 Å². The Bertz CT molecular complexity index is 1040. The summed E-state index contributed by atoms with van der Waals surface area (Å²) >= 11 is 1.22. The molecule has 10 heteroatoms. The van der Waals surface area contributed by atoms with Gasteiger partial charge in [-0.15, -0.1) is 4.80 Å². The van der Waals surface area contributed by atoms with Crippen molar-refractivity contribution in [3.63, 3.8) is 0 Å². The lowest BCUT2D eigenvalue weighted by Gasteiger charge is -2.21. The summed E-state index contributed by atoms with van der Waals surface area (Å²) in [5, 5.41) is 9.15. The van der Waals surface area contributed by atoms with Crippen LogP contribution in [0, 0.1) is 6.92 Å². The Morgan fingerprint density at radius 1 is 1.32 bits per heavy atom. The van der Waals surface area contributed by atoms with E-state index >= 15 is 0 Å². The van der Waals surface area contributed by atoms with Crippen LogP contribution in [-0.2, 0) is 11.3 Å². The second-order valence-corrected chi connectivity index (χ2v) is 6.97. The quantitative estimate of drug-likeness (QED) is 0.728. The van der Waals surface area contributed by atoms with E-state index < -0.39 is 11.2 Å². The number of H-pyrrole nitrogens is 1. The minimum Gasteiger partial charge on any atom is -0.342 e. The number of aryl methyl sites for hydroxylation is 1. The fraction of sp³-hybridized carbons (Fsp3) is 0.400. The van der Waals surface area contributed by atoms with Gasteiger partial charge in [0.05, 0.1) is 17.8 Å². The molecule has 0 aliphatic carbocycles. The van der Waals surface area contributed by atoms with Crippen molar-refractivity contribution in [1.29, 1.82) is 0 Å². The van der Waals surface area contributed by atoms with E-state index in [1.807, 2.05) is 13.8 Å². The monoisotopic (exact) mass is 362 g/mol. The molecule has 0 fully saturated rings. The topological polar surface area (TPSA) is 106 Å². The summed E-state index contributed by atoms with van der Waals surface area (Å²) in [5.41, 5.74) is -0.434. The van der Waals surface area contributed by atoms with Crippen molar-refractivity contribution < 1.29 is 4.79 Å². The van der Waals surface area contributed by atoms with Crippen molar-refractivity contribution in [2.24, 2.45) is 0 Å². The average Bonchev–Trinajstić information content (AvgIpc) is 3.18. The van der Waals surface area contributed by atoms with Crippen LogP contribution >= 0.6 is 11.3 Å². The highest BCUT2D eigenvalue weighted by atomic mass is 32.1. The highest BCUT2D eigenvalue weighted by Crippen LogP contribution is 2.28. The van der Waals surface area contributed by atoms with Crippen LogP contribution in [0.1, 0.15) is 19.4 Å². The highest BCUT2D eigenvalue weighted by Gasteiger charge is 2.20. The molecule has 0 aromatic carbocycles. The van der Waals surface area contributed by atoms with Gasteiger partial charge in [0.1, 0.15) is 16.4 Å². The number of carbonyl (C=O) groups excluding carboxylic acids is 1. The third-order valence-corrected chi connectivity index (χ3v) is 5.28. The summed E-state index contributed by atoms with van der Waals surface area (Å²) in [6.45, 7) is 5.19. The molecule has 0 saturated heterocycles. The van der Waals surface area contributed by atoms with Gasteiger partial charge in [0.2, 0.25) is 5.91 Å². The van der Waals surface area contributed by atoms with Crippen LogP contribution in [0.15, 0.2) is 22.0 Å². The van der Waals surface area contributed by atoms with Gasteiger partial charge in [0.25, 0.3) is 5.56 Å². The number of fused-ring (bicyclic) bond motifs is 1. The molecule has 0 bridgehead atoms. The maximum absolute atomic E-state index is 12.8. The van der Waals surface area contributed by atoms with Gasteiger partial charge in [-0.1, -0.05) is 11.3 Å². The fourth-order valence-corrected chi connectivity index (χ4v) is 3.53. The molecule has 25 heavy (non-hydrogen) atoms. The van der Waals surface area contributed by atoms with Gasteiger partial charge in [-0.05, 0) is 20.8 Å². The Kier molecular flexibility index (Phi) is 4.29. The lowest BCUT2D eigenvalue weighted by atomic mass is 10.2. The first-order chi connectivity index (χ1) is 11.8. The van der Waals surface area contributed by atoms with Crippen molar-refractivity contribution >= 4 is 27.5 Å². The minimum absolute atomic E-state index is 0.0219. The van der Waals surface area contributed by atoms with Crippen LogP contribution in [0.4, 0.5) is 0 Å². The molecule has 132 valence electrons. The Morgan fingerprint density at radius 3 is 2.56 bits per heavy atom. The molecule has 0 atom stereocenters. The third-order valence-electron chi connectivity index (χ3n) is 4.11. The summed E-state index contributed by atoms with van der Waals surface area (Å²) in [6, 6.07) is -0.0219. The van der Waals surface area contributed by atoms with E-state index in [4.69, 9.17) is 0 Å². The van der Waals surface area contributed by atoms with Gasteiger partial charge < -0.3 is 4.90 Å². The van der Waals surface area contributed by atoms with Crippen LogP contribution < -0.4 is 11.2 Å². The molecule has 9 nitrogen and oxygen atoms in total. The van der Waals surface area contributed by atoms with E-state index in [0.29, 0.717) is 20.8 Å². The normalized spacial score (nSPS) is 11.4. The van der Waals surface area contributed by atoms with Crippen LogP contribution in [0.2, 0.25) is 0 Å². The van der Waals surface area contributed by atoms with Crippen molar-refractivity contribution in [1.82, 2.24) is 29.4 Å². The lowest BCUT2D eigenvalue weighted by Crippen LogP contribution is -2.42. The Labute approximate surface area is 146 Å². The first-order valence-corrected chi connectivity index (χ1v) is 8.51. The number of hydrogen-bond donors (Lipinski definition) is 1. The summed E-state index contributed by atoms with van der Waals surface area (Å²) < 4.78 is 0.934. The van der Waals surface area contributed by atoms with E-state index in [0.717, 1.165) is 4.57 Å². The van der Waals surface area contributed by atoms with Crippen LogP contribution in [-0.4, -0.2) is 48.4 Å². The fourth-order valence-electron chi connectivity index (χ4n) is 2.43. The molecule has 1 N–H and O–H groups in total. The largest absolute Gasteiger partial charge is 0.342 e. The number of likely N-dealkylation sites (N-methyl/N-ethyl adjacent to an activating group) is 1. The number of thiophene rings is 1. The zero-order valence-electron chi connectivity index (χ0n) is 14.3. The van der Waals surface area contributed by atoms with Crippen molar-refractivity contribution in [3.05, 3.63) is 38.8 Å². The van der Waals surface area contributed by atoms with Gasteiger partial charge in [-0.25, -0.2) is 4.79 Å². The van der Waals surface area contributed by atoms with E-state index in [-0.39, 0.29) is 18.5 Å². The lowest BCUT2D eigenvalue weighted by molar-refractivity contribution is -0.132. The predicted octanol–water partition coefficient (Wildman–Crippen LogP) is 0.507. The second-order valence-electron chi connectivity index (χ2n) is 5.97. The van der Waals surface area contributed by atoms with Crippen LogP contribution in [0.25, 0.3) is 15.2 Å². The Hall–Kier alpha value is -2.75. The molecule has 3 aromatic heterocycles. The first kappa shape index (κ1) is 17.1. The SMILES string of the molecule is Cc1c(-n2nccn2)sc2[nH]c(=O)n(CC(=O)N(C)C(C)C)c(=O)c12. The minimum atomic E-state index is -0.607. The van der Waals surface area contributed by atoms with Crippen LogP contribution in [0.3, 0.4) is 0 Å². The van der Waals surface area contributed by atoms with Crippen molar-refractivity contribution in [2.45, 2.75) is 33.4 Å². The standard InChI is InChI=1S/C15H18N6O3S/c1-8(2)19(4)10(22)7-20-13(23)11-9(3)14(21-16-5-6-17-21)25-12(11)18-15(20)24/h5-6,8H,7H2,1-4H3,(H,18,24). The molecule has 0 saturated carbocycles. The number of rotatable bonds is 4. The first-order valence-electron chi connectivity index (χ1n) is 7.69. The van der Waals surface area contributed by atoms with E-state index in [9.17, 15) is 14.4 Å². The van der Waals surface area contributed by atoms with E-state index in [1.165, 1.54) is 33.4 Å². The summed E-state index contributed by atoms with van der Waals surface area (Å²) in [6.07, 6.45) is 3.07. The third kappa shape index (κ3) is 2.88. The summed E-state index contributed by atoms with van der Waals surface area (Å²) in [4.78, 5) is 43.4. The van der Waals surface area contributed by atoms with Crippen molar-refractivity contribution in [2.75, 3.05) is 7.05 Å². The molecule has 0 radical (unpaired) electrons. The molecule has 0 aliphatic heterocycles. The summed E-state index contributed by atoms with van der Waals surface area (Å²) in [7, 11) is 1.64. The number of aromatic amines is 1. The molecule has 0 aliphatic rings. The highest BCUT2D eigenvalue weighted by molar-refractivity contribution is 7.21. The number of hydrogen-bond acceptors (Lipinski definition) is 6. The molecular weight excluding hydrogens is 344 g/mol. The summed E-state index contributed by atoms with van der Waals surface area (Å²) in [5.74, 6) is -0.302. The number of nitrogens with zero attached hydrogens (tertiary/aromatic N) is 5. The number of carbonyl (C=O) groups is 1. The van der Waals surface area contributed by atoms with Gasteiger partial charge in [-0.2, -0.15) is 10.2 Å². The Morgan fingerprint density at radius 2 is 1.96 bits per heavy atom. The molecular formula is C15H18N6O3S. The predicted molar refractivity (Wildman–Crippen MR) is 94.3 cm³/mol. The molecule has 0 spiro atoms. The maximum atomic E-state index is 12.8. The smallest absolute Gasteiger partial charge is 0.329 e. The molecule has 0 unspecified atom stereocenters. The average molecular weight is 362 g/mol. The molecule has 1 amide bonds. The van der Waals surface area contributed by atoms with Gasteiger partial charge >= 0.3 is 5.69 Å². The van der Waals surface area contributed by atoms with Gasteiger partial charge in [-0.3, -0.25) is 19.1 Å². The molecule has 3 heterocycles. The van der Waals surface area contributed by atoms with Gasteiger partial charge in [0, 0.05) is 18.7 Å². The number of aromatic nitrogens is 5. The van der Waals surface area contributed by atoms with E-state index in [2.05, 4.69) is 15.2 Å².